The average molecular weight is 554 g/mol. The molecule has 5 rings (SSSR count). The first kappa shape index (κ1) is 27.8. The second-order valence-electron chi connectivity index (χ2n) is 11.7. The number of hydrogen-bond acceptors (Lipinski definition) is 8. The van der Waals surface area contributed by atoms with Gasteiger partial charge in [-0.05, 0) is 77.8 Å². The van der Waals surface area contributed by atoms with Crippen LogP contribution in [-0.4, -0.2) is 63.4 Å². The number of amides is 1. The Bertz CT molecular complexity index is 1420. The number of hydrogen-bond donors (Lipinski definition) is 2. The van der Waals surface area contributed by atoms with E-state index in [4.69, 9.17) is 14.3 Å². The second-order valence-corrected chi connectivity index (χ2v) is 11.7. The normalized spacial score (nSPS) is 16.6. The summed E-state index contributed by atoms with van der Waals surface area (Å²) in [5.41, 5.74) is 3.21. The van der Waals surface area contributed by atoms with Crippen LogP contribution in [0.2, 0.25) is 0 Å². The Morgan fingerprint density at radius 2 is 1.85 bits per heavy atom. The molecule has 0 radical (unpaired) electrons. The first-order valence-corrected chi connectivity index (χ1v) is 13.7. The van der Waals surface area contributed by atoms with Gasteiger partial charge in [0, 0.05) is 36.5 Å². The van der Waals surface area contributed by atoms with Gasteiger partial charge in [0.1, 0.15) is 34.7 Å². The molecule has 3 heterocycles. The van der Waals surface area contributed by atoms with Gasteiger partial charge in [0.15, 0.2) is 0 Å². The van der Waals surface area contributed by atoms with Crippen LogP contribution in [0.1, 0.15) is 68.1 Å². The van der Waals surface area contributed by atoms with Gasteiger partial charge in [0.05, 0.1) is 17.7 Å². The number of H-pyrrole nitrogens is 1. The Balaban J connectivity index is 1.32. The monoisotopic (exact) mass is 553 g/mol. The predicted octanol–water partition coefficient (Wildman–Crippen LogP) is 5.23. The van der Waals surface area contributed by atoms with Gasteiger partial charge < -0.3 is 24.6 Å². The SMILES string of the molecule is Cc1cc(-c2ncnc3c(C(=O)NC4CCN(OC(=O)OC(C)(C)C)CC4)c(C)[nH]c23)c(OCC2CC2)cc1F. The third-order valence-electron chi connectivity index (χ3n) is 7.07. The number of halogens is 1. The fraction of sp³-hybridized carbons (Fsp3) is 0.517. The number of fused-ring (bicyclic) bond motifs is 1. The van der Waals surface area contributed by atoms with Crippen LogP contribution in [0.4, 0.5) is 9.18 Å². The molecule has 1 aliphatic carbocycles. The minimum atomic E-state index is -0.739. The number of carbonyl (C=O) groups is 2. The van der Waals surface area contributed by atoms with E-state index in [0.717, 1.165) is 12.8 Å². The topological polar surface area (TPSA) is 119 Å². The van der Waals surface area contributed by atoms with Crippen molar-refractivity contribution in [3.63, 3.8) is 0 Å². The highest BCUT2D eigenvalue weighted by Crippen LogP contribution is 2.37. The Kier molecular flexibility index (Phi) is 7.67. The number of hydroxylamine groups is 2. The highest BCUT2D eigenvalue weighted by molar-refractivity contribution is 6.09. The van der Waals surface area contributed by atoms with Gasteiger partial charge in [0.2, 0.25) is 0 Å². The van der Waals surface area contributed by atoms with E-state index in [2.05, 4.69) is 20.3 Å². The molecule has 1 amide bonds. The lowest BCUT2D eigenvalue weighted by molar-refractivity contribution is -0.152. The number of benzene rings is 1. The zero-order chi connectivity index (χ0) is 28.6. The summed E-state index contributed by atoms with van der Waals surface area (Å²) in [4.78, 5) is 42.9. The van der Waals surface area contributed by atoms with Crippen LogP contribution in [-0.2, 0) is 9.57 Å². The molecule has 10 nitrogen and oxygen atoms in total. The van der Waals surface area contributed by atoms with Crippen LogP contribution in [0.5, 0.6) is 5.75 Å². The molecule has 1 saturated carbocycles. The number of aromatic amines is 1. The Morgan fingerprint density at radius 3 is 2.52 bits per heavy atom. The van der Waals surface area contributed by atoms with Gasteiger partial charge in [-0.2, -0.15) is 0 Å². The van der Waals surface area contributed by atoms with Crippen molar-refractivity contribution in [2.75, 3.05) is 19.7 Å². The van der Waals surface area contributed by atoms with Crippen molar-refractivity contribution in [3.05, 3.63) is 41.1 Å². The molecule has 2 aliphatic rings. The van der Waals surface area contributed by atoms with Gasteiger partial charge in [-0.25, -0.2) is 19.2 Å². The molecule has 11 heteroatoms. The summed E-state index contributed by atoms with van der Waals surface area (Å²) < 4.78 is 25.7. The number of rotatable bonds is 7. The van der Waals surface area contributed by atoms with Gasteiger partial charge >= 0.3 is 6.16 Å². The summed E-state index contributed by atoms with van der Waals surface area (Å²) >= 11 is 0. The number of carbonyl (C=O) groups excluding carboxylic acids is 2. The van der Waals surface area contributed by atoms with Gasteiger partial charge in [-0.1, -0.05) is 0 Å². The van der Waals surface area contributed by atoms with Gasteiger partial charge in [0.25, 0.3) is 5.91 Å². The van der Waals surface area contributed by atoms with E-state index >= 15 is 0 Å². The highest BCUT2D eigenvalue weighted by Gasteiger charge is 2.29. The fourth-order valence-corrected chi connectivity index (χ4v) is 4.79. The number of aromatic nitrogens is 3. The van der Waals surface area contributed by atoms with Crippen LogP contribution in [0.15, 0.2) is 18.5 Å². The summed E-state index contributed by atoms with van der Waals surface area (Å²) in [5.74, 6) is 0.334. The Labute approximate surface area is 232 Å². The summed E-state index contributed by atoms with van der Waals surface area (Å²) in [6, 6.07) is 3.03. The lowest BCUT2D eigenvalue weighted by atomic mass is 10.0. The van der Waals surface area contributed by atoms with Crippen molar-refractivity contribution >= 4 is 23.1 Å². The quantitative estimate of drug-likeness (QED) is 0.382. The van der Waals surface area contributed by atoms with Crippen LogP contribution >= 0.6 is 0 Å². The molecular weight excluding hydrogens is 517 g/mol. The Morgan fingerprint density at radius 1 is 1.12 bits per heavy atom. The number of nitrogens with zero attached hydrogens (tertiary/aromatic N) is 3. The summed E-state index contributed by atoms with van der Waals surface area (Å²) in [6.45, 7) is 10.3. The van der Waals surface area contributed by atoms with E-state index in [1.54, 1.807) is 38.8 Å². The summed E-state index contributed by atoms with van der Waals surface area (Å²) in [7, 11) is 0. The maximum atomic E-state index is 14.5. The van der Waals surface area contributed by atoms with E-state index in [1.165, 1.54) is 12.4 Å². The zero-order valence-corrected chi connectivity index (χ0v) is 23.6. The zero-order valence-electron chi connectivity index (χ0n) is 23.6. The first-order valence-electron chi connectivity index (χ1n) is 13.7. The molecule has 3 aromatic rings. The third-order valence-corrected chi connectivity index (χ3v) is 7.07. The molecule has 214 valence electrons. The summed E-state index contributed by atoms with van der Waals surface area (Å²) in [6.07, 6.45) is 4.12. The molecule has 0 unspecified atom stereocenters. The molecule has 40 heavy (non-hydrogen) atoms. The molecule has 2 fully saturated rings. The molecule has 2 N–H and O–H groups in total. The smallest absolute Gasteiger partial charge is 0.492 e. The summed E-state index contributed by atoms with van der Waals surface area (Å²) in [5, 5.41) is 4.66. The molecule has 2 aromatic heterocycles. The van der Waals surface area contributed by atoms with Crippen LogP contribution in [0.25, 0.3) is 22.3 Å². The lowest BCUT2D eigenvalue weighted by Crippen LogP contribution is -2.45. The van der Waals surface area contributed by atoms with Crippen molar-refractivity contribution in [1.29, 1.82) is 0 Å². The molecule has 1 aliphatic heterocycles. The lowest BCUT2D eigenvalue weighted by Gasteiger charge is -2.31. The number of ether oxygens (including phenoxy) is 2. The van der Waals surface area contributed by atoms with Crippen molar-refractivity contribution in [2.24, 2.45) is 5.92 Å². The standard InChI is InChI=1S/C29H36FN5O5/c1-16-12-20(22(13-21(16)30)38-14-18-6-7-18)24-26-25(32-15-31-24)23(17(2)33-26)27(36)34-19-8-10-35(11-9-19)40-28(37)39-29(3,4)5/h12-13,15,18-19,33H,6-11,14H2,1-5H3,(H,34,36). The maximum absolute atomic E-state index is 14.5. The van der Waals surface area contributed by atoms with Crippen LogP contribution < -0.4 is 10.1 Å². The minimum Gasteiger partial charge on any atom is -0.492 e. The van der Waals surface area contributed by atoms with Crippen LogP contribution in [0.3, 0.4) is 0 Å². The largest absolute Gasteiger partial charge is 0.528 e. The molecule has 0 spiro atoms. The molecular formula is C29H36FN5O5. The molecule has 1 saturated heterocycles. The van der Waals surface area contributed by atoms with Crippen LogP contribution in [0, 0.1) is 25.6 Å². The molecule has 0 atom stereocenters. The highest BCUT2D eigenvalue weighted by atomic mass is 19.1. The van der Waals surface area contributed by atoms with Crippen molar-refractivity contribution in [1.82, 2.24) is 25.3 Å². The number of nitrogens with one attached hydrogen (secondary N) is 2. The fourth-order valence-electron chi connectivity index (χ4n) is 4.79. The minimum absolute atomic E-state index is 0.0983. The van der Waals surface area contributed by atoms with E-state index in [-0.39, 0.29) is 17.8 Å². The number of piperidine rings is 1. The Hall–Kier alpha value is -3.73. The van der Waals surface area contributed by atoms with Gasteiger partial charge in [-0.15, -0.1) is 5.06 Å². The first-order chi connectivity index (χ1) is 19.0. The van der Waals surface area contributed by atoms with Crippen molar-refractivity contribution in [3.8, 4) is 17.0 Å². The molecule has 0 bridgehead atoms. The van der Waals surface area contributed by atoms with E-state index in [1.807, 2.05) is 6.92 Å². The number of aryl methyl sites for hydroxylation is 2. The predicted molar refractivity (Wildman–Crippen MR) is 146 cm³/mol. The van der Waals surface area contributed by atoms with Crippen molar-refractivity contribution < 1.29 is 28.3 Å². The molecule has 1 aromatic carbocycles. The second kappa shape index (κ2) is 11.0. The van der Waals surface area contributed by atoms with Gasteiger partial charge in [-0.3, -0.25) is 4.79 Å². The third kappa shape index (κ3) is 6.35. The van der Waals surface area contributed by atoms with E-state index < -0.39 is 11.8 Å². The van der Waals surface area contributed by atoms with E-state index in [0.29, 0.717) is 83.3 Å². The van der Waals surface area contributed by atoms with E-state index in [9.17, 15) is 14.0 Å². The average Bonchev–Trinajstić information content (AvgIpc) is 3.64. The van der Waals surface area contributed by atoms with Crippen molar-refractivity contribution in [2.45, 2.75) is 71.9 Å². The maximum Gasteiger partial charge on any atom is 0.528 e.